The number of nitrogens with one attached hydrogen (secondary N) is 4. The molecule has 64 heavy (non-hydrogen) atoms. The van der Waals surface area contributed by atoms with Crippen molar-refractivity contribution in [2.75, 3.05) is 19.6 Å². The van der Waals surface area contributed by atoms with Gasteiger partial charge in [-0.2, -0.15) is 0 Å². The molecule has 4 amide bonds. The maximum atomic E-state index is 15.4. The summed E-state index contributed by atoms with van der Waals surface area (Å²) in [5.41, 5.74) is -0.643. The topological polar surface area (TPSA) is 194 Å². The van der Waals surface area contributed by atoms with Gasteiger partial charge >= 0.3 is 6.09 Å². The highest BCUT2D eigenvalue weighted by molar-refractivity contribution is 7.91. The lowest BCUT2D eigenvalue weighted by molar-refractivity contribution is -0.146. The van der Waals surface area contributed by atoms with Gasteiger partial charge in [-0.25, -0.2) is 18.2 Å². The molecule has 0 radical (unpaired) electrons. The molecule has 7 atom stereocenters. The normalized spacial score (nSPS) is 31.8. The van der Waals surface area contributed by atoms with Crippen LogP contribution in [0, 0.1) is 17.3 Å². The summed E-state index contributed by atoms with van der Waals surface area (Å²) in [6, 6.07) is 5.75. The molecule has 4 N–H and O–H groups in total. The van der Waals surface area contributed by atoms with Gasteiger partial charge in [-0.3, -0.25) is 19.1 Å². The molecular weight excluding hydrogens is 837 g/mol. The summed E-state index contributed by atoms with van der Waals surface area (Å²) in [7, 11) is -4.03. The molecule has 9 rings (SSSR count). The number of hydrogen-bond donors (Lipinski definition) is 4. The molecule has 7 unspecified atom stereocenters. The van der Waals surface area contributed by atoms with Gasteiger partial charge in [0, 0.05) is 17.7 Å². The molecule has 6 fully saturated rings. The summed E-state index contributed by atoms with van der Waals surface area (Å²) in [5, 5.41) is 10.3. The van der Waals surface area contributed by atoms with Crippen LogP contribution in [0.3, 0.4) is 0 Å². The molecule has 3 aliphatic heterocycles. The zero-order valence-corrected chi connectivity index (χ0v) is 38.3. The smallest absolute Gasteiger partial charge is 0.408 e. The highest BCUT2D eigenvalue weighted by atomic mass is 32.2. The second kappa shape index (κ2) is 17.7. The number of piperidine rings is 1. The van der Waals surface area contributed by atoms with Gasteiger partial charge in [0.05, 0.1) is 22.4 Å². The number of carbonyl (C=O) groups is 4. The Morgan fingerprint density at radius 1 is 0.938 bits per heavy atom. The number of alkyl carbamates (subject to hydrolysis) is 1. The van der Waals surface area contributed by atoms with Crippen LogP contribution in [0.1, 0.15) is 129 Å². The molecule has 4 aliphatic carbocycles. The summed E-state index contributed by atoms with van der Waals surface area (Å²) >= 11 is 0. The van der Waals surface area contributed by atoms with Gasteiger partial charge in [-0.1, -0.05) is 57.2 Å². The SMILES string of the molecule is C=CC1CCC1(NC(=O)C1CC2CN1C(=O)C(C1(C)CCCCC1)NC(=O)OC1CC1CCCCCc1c(nc3ccccc3c1OC1CCNCC1)O2)C(=O)NS(=O)(=O)C1(C)CC1. The Kier molecular flexibility index (Phi) is 12.4. The number of aromatic nitrogens is 1. The summed E-state index contributed by atoms with van der Waals surface area (Å²) in [6.07, 6.45) is 12.7. The van der Waals surface area contributed by atoms with Crippen molar-refractivity contribution in [1.82, 2.24) is 30.6 Å². The van der Waals surface area contributed by atoms with Crippen molar-refractivity contribution in [3.05, 3.63) is 42.5 Å². The van der Waals surface area contributed by atoms with Crippen LogP contribution < -0.4 is 30.1 Å². The van der Waals surface area contributed by atoms with Gasteiger partial charge in [-0.05, 0) is 121 Å². The molecule has 16 heteroatoms. The largest absolute Gasteiger partial charge is 0.489 e. The standard InChI is InChI=1S/C48H66N6O9S/c1-4-31-17-22-48(31,44(57)53-64(59,60)47(3)23-24-47)52-41(55)37-28-33-29-54(37)43(56)40(46(2)20-11-6-12-21-46)51-45(58)63-38-27-30(38)13-7-5-8-15-35-39(61-32-18-25-49-26-19-32)34-14-9-10-16-36(34)50-42(35)62-33/h4,9-10,14,16,30-33,37-38,40,49H,1,5-8,11-13,15,17-29H2,2-3H3,(H,51,58)(H,52,55)(H,53,57). The maximum absolute atomic E-state index is 15.4. The Hall–Kier alpha value is -4.44. The number of carbonyl (C=O) groups excluding carboxylic acids is 4. The highest BCUT2D eigenvalue weighted by Gasteiger charge is 2.58. The van der Waals surface area contributed by atoms with E-state index >= 15 is 4.79 Å². The monoisotopic (exact) mass is 902 g/mol. The lowest BCUT2D eigenvalue weighted by atomic mass is 9.66. The van der Waals surface area contributed by atoms with E-state index in [1.165, 1.54) is 4.90 Å². The van der Waals surface area contributed by atoms with E-state index in [0.29, 0.717) is 49.9 Å². The van der Waals surface area contributed by atoms with Crippen molar-refractivity contribution < 1.29 is 41.8 Å². The van der Waals surface area contributed by atoms with Crippen LogP contribution in [0.2, 0.25) is 0 Å². The molecule has 4 heterocycles. The number of nitrogens with zero attached hydrogens (tertiary/aromatic N) is 2. The van der Waals surface area contributed by atoms with E-state index in [1.807, 2.05) is 31.2 Å². The molecule has 0 spiro atoms. The number of para-hydroxylation sites is 1. The van der Waals surface area contributed by atoms with Gasteiger partial charge in [0.2, 0.25) is 27.7 Å². The third-order valence-corrected chi connectivity index (χ3v) is 17.9. The van der Waals surface area contributed by atoms with Gasteiger partial charge < -0.3 is 35.1 Å². The maximum Gasteiger partial charge on any atom is 0.408 e. The van der Waals surface area contributed by atoms with Crippen LogP contribution in [-0.4, -0.2) is 102 Å². The summed E-state index contributed by atoms with van der Waals surface area (Å²) in [6.45, 7) is 9.27. The molecule has 2 saturated heterocycles. The molecule has 15 nitrogen and oxygen atoms in total. The van der Waals surface area contributed by atoms with Crippen molar-refractivity contribution in [2.24, 2.45) is 17.3 Å². The minimum atomic E-state index is -4.03. The van der Waals surface area contributed by atoms with Crippen molar-refractivity contribution in [1.29, 1.82) is 0 Å². The van der Waals surface area contributed by atoms with Crippen LogP contribution in [0.25, 0.3) is 10.9 Å². The van der Waals surface area contributed by atoms with Crippen molar-refractivity contribution >= 4 is 44.7 Å². The fraction of sp³-hybridized carbons (Fsp3) is 0.688. The van der Waals surface area contributed by atoms with Crippen molar-refractivity contribution in [3.63, 3.8) is 0 Å². The first-order chi connectivity index (χ1) is 30.7. The van der Waals surface area contributed by atoms with Crippen LogP contribution in [0.15, 0.2) is 36.9 Å². The van der Waals surface area contributed by atoms with Crippen LogP contribution >= 0.6 is 0 Å². The lowest BCUT2D eigenvalue weighted by Crippen LogP contribution is -2.70. The number of amides is 4. The predicted molar refractivity (Wildman–Crippen MR) is 240 cm³/mol. The number of benzene rings is 1. The molecule has 1 aromatic heterocycles. The highest BCUT2D eigenvalue weighted by Crippen LogP contribution is 2.46. The Morgan fingerprint density at radius 3 is 2.41 bits per heavy atom. The number of sulfonamides is 1. The quantitative estimate of drug-likeness (QED) is 0.225. The Labute approximate surface area is 377 Å². The molecule has 7 aliphatic rings. The minimum Gasteiger partial charge on any atom is -0.489 e. The average Bonchev–Trinajstić information content (AvgIpc) is 4.17. The van der Waals surface area contributed by atoms with E-state index in [2.05, 4.69) is 27.3 Å². The summed E-state index contributed by atoms with van der Waals surface area (Å²) in [5.74, 6) is -0.976. The molecule has 2 bridgehead atoms. The fourth-order valence-electron chi connectivity index (χ4n) is 11.0. The Morgan fingerprint density at radius 2 is 1.69 bits per heavy atom. The van der Waals surface area contributed by atoms with Crippen LogP contribution in [0.4, 0.5) is 4.79 Å². The Bertz CT molecular complexity index is 2260. The average molecular weight is 903 g/mol. The zero-order valence-electron chi connectivity index (χ0n) is 37.5. The molecular formula is C48H66N6O9S. The molecule has 348 valence electrons. The third-order valence-electron chi connectivity index (χ3n) is 15.8. The Balaban J connectivity index is 1.09. The first-order valence-corrected chi connectivity index (χ1v) is 25.5. The second-order valence-electron chi connectivity index (χ2n) is 20.3. The van der Waals surface area contributed by atoms with Gasteiger partial charge in [0.15, 0.2) is 0 Å². The third kappa shape index (κ3) is 8.81. The lowest BCUT2D eigenvalue weighted by Gasteiger charge is -2.48. The first-order valence-electron chi connectivity index (χ1n) is 24.0. The van der Waals surface area contributed by atoms with E-state index in [0.717, 1.165) is 94.0 Å². The van der Waals surface area contributed by atoms with E-state index in [9.17, 15) is 22.8 Å². The number of pyridine rings is 1. The first kappa shape index (κ1) is 44.7. The van der Waals surface area contributed by atoms with E-state index in [1.54, 1.807) is 13.0 Å². The second-order valence-corrected chi connectivity index (χ2v) is 22.5. The fourth-order valence-corrected chi connectivity index (χ4v) is 12.3. The van der Waals surface area contributed by atoms with Crippen molar-refractivity contribution in [3.8, 4) is 11.6 Å². The number of rotatable bonds is 9. The van der Waals surface area contributed by atoms with Gasteiger partial charge in [0.1, 0.15) is 41.7 Å². The van der Waals surface area contributed by atoms with E-state index in [-0.39, 0.29) is 37.5 Å². The predicted octanol–water partition coefficient (Wildman–Crippen LogP) is 5.73. The summed E-state index contributed by atoms with van der Waals surface area (Å²) in [4.78, 5) is 64.8. The number of fused-ring (bicyclic) bond motifs is 5. The van der Waals surface area contributed by atoms with Gasteiger partial charge in [-0.15, -0.1) is 6.58 Å². The number of hydrogen-bond acceptors (Lipinski definition) is 11. The van der Waals surface area contributed by atoms with Crippen molar-refractivity contribution in [2.45, 2.75) is 170 Å². The van der Waals surface area contributed by atoms with E-state index < -0.39 is 73.6 Å². The minimum absolute atomic E-state index is 0.000174. The zero-order chi connectivity index (χ0) is 44.9. The molecule has 4 saturated carbocycles. The number of ether oxygens (including phenoxy) is 3. The summed E-state index contributed by atoms with van der Waals surface area (Å²) < 4.78 is 47.8. The molecule has 1 aromatic carbocycles. The molecule has 2 aromatic rings. The van der Waals surface area contributed by atoms with Gasteiger partial charge in [0.25, 0.3) is 5.91 Å². The van der Waals surface area contributed by atoms with E-state index in [4.69, 9.17) is 19.2 Å². The van der Waals surface area contributed by atoms with Crippen LogP contribution in [-0.2, 0) is 35.6 Å². The van der Waals surface area contributed by atoms with Crippen LogP contribution in [0.5, 0.6) is 11.6 Å².